The van der Waals surface area contributed by atoms with Gasteiger partial charge < -0.3 is 9.32 Å². The third-order valence-corrected chi connectivity index (χ3v) is 6.35. The third-order valence-electron chi connectivity index (χ3n) is 5.33. The zero-order chi connectivity index (χ0) is 21.6. The molecule has 1 saturated heterocycles. The quantitative estimate of drug-likeness (QED) is 0.412. The number of rotatable bonds is 5. The second kappa shape index (κ2) is 7.66. The van der Waals surface area contributed by atoms with Gasteiger partial charge in [-0.1, -0.05) is 57.2 Å². The molecule has 1 aliphatic rings. The van der Waals surface area contributed by atoms with Crippen molar-refractivity contribution in [2.24, 2.45) is 5.41 Å². The molecule has 31 heavy (non-hydrogen) atoms. The molecule has 0 bridgehead atoms. The van der Waals surface area contributed by atoms with Crippen LogP contribution in [-0.4, -0.2) is 45.5 Å². The standard InChI is InChI=1S/C24H24N4O2S/c1-24(2,3)14-28-12-17(13-28)21-26-27-22(30-21)20(29)23-25-18-10-9-16(11-19(18)31-23)15-7-5-4-6-8-15/h4-11,17H,12-14H2,1-3H3. The summed E-state index contributed by atoms with van der Waals surface area (Å²) in [6, 6.07) is 16.2. The molecule has 6 nitrogen and oxygen atoms in total. The first-order valence-corrected chi connectivity index (χ1v) is 11.2. The minimum atomic E-state index is -0.313. The summed E-state index contributed by atoms with van der Waals surface area (Å²) in [5.41, 5.74) is 3.28. The largest absolute Gasteiger partial charge is 0.418 e. The fraction of sp³-hybridized carbons (Fsp3) is 0.333. The van der Waals surface area contributed by atoms with Crippen LogP contribution in [0.25, 0.3) is 21.3 Å². The summed E-state index contributed by atoms with van der Waals surface area (Å²) in [5, 5.41) is 8.52. The van der Waals surface area contributed by atoms with E-state index in [1.165, 1.54) is 11.3 Å². The average molecular weight is 433 g/mol. The van der Waals surface area contributed by atoms with Crippen molar-refractivity contribution in [2.45, 2.75) is 26.7 Å². The summed E-state index contributed by atoms with van der Waals surface area (Å²) in [6.07, 6.45) is 0. The van der Waals surface area contributed by atoms with Crippen LogP contribution in [-0.2, 0) is 0 Å². The summed E-state index contributed by atoms with van der Waals surface area (Å²) in [6.45, 7) is 9.48. The van der Waals surface area contributed by atoms with E-state index in [1.807, 2.05) is 30.3 Å². The molecule has 7 heteroatoms. The minimum Gasteiger partial charge on any atom is -0.418 e. The van der Waals surface area contributed by atoms with Gasteiger partial charge in [0.15, 0.2) is 5.01 Å². The number of hydrogen-bond donors (Lipinski definition) is 0. The smallest absolute Gasteiger partial charge is 0.291 e. The molecule has 2 aromatic carbocycles. The number of carbonyl (C=O) groups is 1. The molecule has 158 valence electrons. The third kappa shape index (κ3) is 4.16. The normalized spacial score (nSPS) is 15.3. The summed E-state index contributed by atoms with van der Waals surface area (Å²) in [5.74, 6) is 0.444. The van der Waals surface area contributed by atoms with Gasteiger partial charge in [0.05, 0.1) is 16.1 Å². The molecule has 1 fully saturated rings. The Hall–Kier alpha value is -2.90. The Morgan fingerprint density at radius 3 is 2.61 bits per heavy atom. The number of carbonyl (C=O) groups excluding carboxylic acids is 1. The molecular formula is C24H24N4O2S. The van der Waals surface area contributed by atoms with Gasteiger partial charge in [0, 0.05) is 19.6 Å². The van der Waals surface area contributed by atoms with E-state index < -0.39 is 0 Å². The lowest BCUT2D eigenvalue weighted by molar-refractivity contribution is 0.0865. The average Bonchev–Trinajstić information content (AvgIpc) is 3.36. The molecule has 3 heterocycles. The van der Waals surface area contributed by atoms with Gasteiger partial charge in [0.1, 0.15) is 0 Å². The number of nitrogens with zero attached hydrogens (tertiary/aromatic N) is 4. The number of aromatic nitrogens is 3. The zero-order valence-corrected chi connectivity index (χ0v) is 18.6. The lowest BCUT2D eigenvalue weighted by atomic mass is 9.91. The Bertz CT molecular complexity index is 1230. The molecule has 0 radical (unpaired) electrons. The Labute approximate surface area is 184 Å². The molecule has 0 spiro atoms. The topological polar surface area (TPSA) is 72.1 Å². The predicted molar refractivity (Wildman–Crippen MR) is 121 cm³/mol. The fourth-order valence-electron chi connectivity index (χ4n) is 3.94. The molecule has 1 aliphatic heterocycles. The molecule has 0 amide bonds. The van der Waals surface area contributed by atoms with Crippen molar-refractivity contribution in [3.8, 4) is 11.1 Å². The van der Waals surface area contributed by atoms with Crippen molar-refractivity contribution in [3.05, 3.63) is 65.3 Å². The Balaban J connectivity index is 1.32. The van der Waals surface area contributed by atoms with Gasteiger partial charge in [-0.3, -0.25) is 4.79 Å². The molecule has 0 N–H and O–H groups in total. The van der Waals surface area contributed by atoms with E-state index in [0.29, 0.717) is 10.9 Å². The Morgan fingerprint density at radius 1 is 1.10 bits per heavy atom. The lowest BCUT2D eigenvalue weighted by Crippen LogP contribution is -2.48. The Kier molecular flexibility index (Phi) is 4.95. The van der Waals surface area contributed by atoms with E-state index in [-0.39, 0.29) is 23.0 Å². The molecule has 5 rings (SSSR count). The van der Waals surface area contributed by atoms with E-state index in [1.54, 1.807) is 0 Å². The lowest BCUT2D eigenvalue weighted by Gasteiger charge is -2.40. The van der Waals surface area contributed by atoms with Gasteiger partial charge >= 0.3 is 0 Å². The molecule has 4 aromatic rings. The second-order valence-corrected chi connectivity index (χ2v) is 10.3. The molecule has 2 aromatic heterocycles. The maximum absolute atomic E-state index is 12.9. The van der Waals surface area contributed by atoms with Crippen molar-refractivity contribution in [3.63, 3.8) is 0 Å². The predicted octanol–water partition coefficient (Wildman–Crippen LogP) is 5.02. The van der Waals surface area contributed by atoms with E-state index in [4.69, 9.17) is 4.42 Å². The van der Waals surface area contributed by atoms with Crippen LogP contribution in [0.1, 0.15) is 48.3 Å². The summed E-state index contributed by atoms with van der Waals surface area (Å²) >= 11 is 1.36. The molecule has 0 unspecified atom stereocenters. The van der Waals surface area contributed by atoms with Gasteiger partial charge in [-0.05, 0) is 28.7 Å². The van der Waals surface area contributed by atoms with Crippen LogP contribution >= 0.6 is 11.3 Å². The minimum absolute atomic E-state index is 0.0200. The highest BCUT2D eigenvalue weighted by Gasteiger charge is 2.35. The second-order valence-electron chi connectivity index (χ2n) is 9.29. The van der Waals surface area contributed by atoms with Gasteiger partial charge in [-0.2, -0.15) is 0 Å². The van der Waals surface area contributed by atoms with Gasteiger partial charge in [-0.15, -0.1) is 21.5 Å². The first-order chi connectivity index (χ1) is 14.9. The van der Waals surface area contributed by atoms with E-state index in [2.05, 4.69) is 59.1 Å². The van der Waals surface area contributed by atoms with Gasteiger partial charge in [0.2, 0.25) is 5.89 Å². The van der Waals surface area contributed by atoms with Crippen LogP contribution in [0.2, 0.25) is 0 Å². The van der Waals surface area contributed by atoms with Gasteiger partial charge in [0.25, 0.3) is 11.7 Å². The first kappa shape index (κ1) is 20.0. The van der Waals surface area contributed by atoms with E-state index in [9.17, 15) is 4.79 Å². The molecule has 0 aliphatic carbocycles. The summed E-state index contributed by atoms with van der Waals surface area (Å²) in [7, 11) is 0. The number of likely N-dealkylation sites (tertiary alicyclic amines) is 1. The van der Waals surface area contributed by atoms with Crippen molar-refractivity contribution >= 4 is 27.3 Å². The van der Waals surface area contributed by atoms with E-state index >= 15 is 0 Å². The Morgan fingerprint density at radius 2 is 1.87 bits per heavy atom. The fourth-order valence-corrected chi connectivity index (χ4v) is 4.88. The highest BCUT2D eigenvalue weighted by Crippen LogP contribution is 2.31. The van der Waals surface area contributed by atoms with Crippen LogP contribution < -0.4 is 0 Å². The first-order valence-electron chi connectivity index (χ1n) is 10.4. The number of fused-ring (bicyclic) bond motifs is 1. The van der Waals surface area contributed by atoms with Crippen molar-refractivity contribution in [2.75, 3.05) is 19.6 Å². The number of ketones is 1. The van der Waals surface area contributed by atoms with Crippen LogP contribution in [0.5, 0.6) is 0 Å². The maximum Gasteiger partial charge on any atom is 0.291 e. The van der Waals surface area contributed by atoms with Crippen molar-refractivity contribution < 1.29 is 9.21 Å². The number of benzene rings is 2. The van der Waals surface area contributed by atoms with Crippen LogP contribution in [0, 0.1) is 5.41 Å². The highest BCUT2D eigenvalue weighted by atomic mass is 32.1. The molecular weight excluding hydrogens is 408 g/mol. The molecule has 0 atom stereocenters. The SMILES string of the molecule is CC(C)(C)CN1CC(c2nnc(C(=O)c3nc4ccc(-c5ccccc5)cc4s3)o2)C1. The summed E-state index contributed by atoms with van der Waals surface area (Å²) < 4.78 is 6.70. The maximum atomic E-state index is 12.9. The monoisotopic (exact) mass is 432 g/mol. The van der Waals surface area contributed by atoms with Gasteiger partial charge in [-0.25, -0.2) is 4.98 Å². The van der Waals surface area contributed by atoms with Crippen molar-refractivity contribution in [1.29, 1.82) is 0 Å². The molecule has 0 saturated carbocycles. The van der Waals surface area contributed by atoms with E-state index in [0.717, 1.165) is 41.0 Å². The number of hydrogen-bond acceptors (Lipinski definition) is 7. The summed E-state index contributed by atoms with van der Waals surface area (Å²) in [4.78, 5) is 19.8. The zero-order valence-electron chi connectivity index (χ0n) is 17.8. The highest BCUT2D eigenvalue weighted by molar-refractivity contribution is 7.20. The van der Waals surface area contributed by atoms with Crippen LogP contribution in [0.3, 0.4) is 0 Å². The number of thiazole rings is 1. The van der Waals surface area contributed by atoms with Crippen LogP contribution in [0.15, 0.2) is 52.9 Å². The van der Waals surface area contributed by atoms with Crippen molar-refractivity contribution in [1.82, 2.24) is 20.1 Å². The van der Waals surface area contributed by atoms with Crippen LogP contribution in [0.4, 0.5) is 0 Å².